The van der Waals surface area contributed by atoms with E-state index in [1.54, 1.807) is 24.4 Å². The lowest BCUT2D eigenvalue weighted by Crippen LogP contribution is -2.33. The number of hydrogen-bond acceptors (Lipinski definition) is 5. The molecule has 1 amide bonds. The van der Waals surface area contributed by atoms with Gasteiger partial charge >= 0.3 is 0 Å². The molecule has 0 spiro atoms. The third kappa shape index (κ3) is 3.17. The summed E-state index contributed by atoms with van der Waals surface area (Å²) in [6.45, 7) is 1.43. The Morgan fingerprint density at radius 3 is 2.81 bits per heavy atom. The van der Waals surface area contributed by atoms with Crippen LogP contribution in [0.4, 0.5) is 5.69 Å². The maximum atomic E-state index is 12.7. The number of nitro groups is 1. The molecule has 1 aliphatic carbocycles. The number of carbonyl (C=O) groups is 1. The van der Waals surface area contributed by atoms with Gasteiger partial charge in [0.25, 0.3) is 11.6 Å². The van der Waals surface area contributed by atoms with Crippen LogP contribution in [0.5, 0.6) is 0 Å². The number of amides is 1. The average molecular weight is 378 g/mol. The third-order valence-corrected chi connectivity index (χ3v) is 5.31. The number of carbonyl (C=O) groups excluding carboxylic acids is 1. The number of nitro benzene ring substituents is 1. The molecule has 1 aromatic heterocycles. The molecule has 1 aromatic carbocycles. The van der Waals surface area contributed by atoms with Crippen LogP contribution < -0.4 is 5.73 Å². The highest BCUT2D eigenvalue weighted by molar-refractivity contribution is 5.92. The molecule has 1 saturated heterocycles. The van der Waals surface area contributed by atoms with Crippen LogP contribution in [0.3, 0.4) is 0 Å². The van der Waals surface area contributed by atoms with E-state index < -0.39 is 4.92 Å². The molecule has 26 heavy (non-hydrogen) atoms. The molecule has 2 aromatic rings. The Morgan fingerprint density at radius 1 is 1.27 bits per heavy atom. The lowest BCUT2D eigenvalue weighted by atomic mass is 9.98. The van der Waals surface area contributed by atoms with Gasteiger partial charge in [0.15, 0.2) is 5.69 Å². The number of nitrogens with zero attached hydrogens (tertiary/aromatic N) is 4. The van der Waals surface area contributed by atoms with Crippen LogP contribution in [-0.2, 0) is 0 Å². The first-order valence-corrected chi connectivity index (χ1v) is 8.38. The second kappa shape index (κ2) is 7.05. The maximum absolute atomic E-state index is 12.7. The lowest BCUT2D eigenvalue weighted by Gasteiger charge is -2.17. The van der Waals surface area contributed by atoms with Crippen molar-refractivity contribution in [1.82, 2.24) is 14.7 Å². The van der Waals surface area contributed by atoms with Gasteiger partial charge in [0, 0.05) is 37.5 Å². The summed E-state index contributed by atoms with van der Waals surface area (Å²) in [5.41, 5.74) is 7.01. The minimum Gasteiger partial charge on any atom is -0.337 e. The molecule has 8 nitrogen and oxygen atoms in total. The third-order valence-electron chi connectivity index (χ3n) is 5.31. The molecule has 2 heterocycles. The Balaban J connectivity index is 0.00000196. The minimum absolute atomic E-state index is 0. The highest BCUT2D eigenvalue weighted by Crippen LogP contribution is 2.37. The van der Waals surface area contributed by atoms with Crippen LogP contribution in [0, 0.1) is 22.0 Å². The van der Waals surface area contributed by atoms with E-state index in [0.717, 1.165) is 19.4 Å². The first kappa shape index (κ1) is 18.3. The Kier molecular flexibility index (Phi) is 4.97. The predicted molar refractivity (Wildman–Crippen MR) is 97.6 cm³/mol. The molecule has 4 rings (SSSR count). The number of aromatic nitrogens is 2. The second-order valence-electron chi connectivity index (χ2n) is 6.80. The SMILES string of the molecule is Cl.NC1CCC2CN(C(=O)c3ccn(-c4cccc([N+](=O)[O-])c4)n3)CC12. The standard InChI is InChI=1S/C17H19N5O3.ClH/c18-15-5-4-11-9-20(10-14(11)15)17(23)16-6-7-21(19-16)12-2-1-3-13(8-12)22(24)25;/h1-3,6-8,11,14-15H,4-5,9-10,18H2;1H. The quantitative estimate of drug-likeness (QED) is 0.650. The van der Waals surface area contributed by atoms with Crippen molar-refractivity contribution in [1.29, 1.82) is 0 Å². The van der Waals surface area contributed by atoms with Crippen molar-refractivity contribution in [2.45, 2.75) is 18.9 Å². The van der Waals surface area contributed by atoms with E-state index >= 15 is 0 Å². The van der Waals surface area contributed by atoms with Gasteiger partial charge in [-0.05, 0) is 36.8 Å². The fourth-order valence-corrected chi connectivity index (χ4v) is 3.97. The van der Waals surface area contributed by atoms with E-state index in [9.17, 15) is 14.9 Å². The number of non-ortho nitro benzene ring substituents is 1. The van der Waals surface area contributed by atoms with Crippen molar-refractivity contribution < 1.29 is 9.72 Å². The molecule has 3 atom stereocenters. The Hall–Kier alpha value is -2.45. The number of fused-ring (bicyclic) bond motifs is 1. The monoisotopic (exact) mass is 377 g/mol. The average Bonchev–Trinajstić information content (AvgIpc) is 3.32. The van der Waals surface area contributed by atoms with Crippen molar-refractivity contribution in [2.75, 3.05) is 13.1 Å². The molecule has 2 aliphatic rings. The van der Waals surface area contributed by atoms with Crippen LogP contribution in [0.2, 0.25) is 0 Å². The fourth-order valence-electron chi connectivity index (χ4n) is 3.97. The maximum Gasteiger partial charge on any atom is 0.274 e. The lowest BCUT2D eigenvalue weighted by molar-refractivity contribution is -0.384. The normalized spacial score (nSPS) is 24.2. The Bertz CT molecular complexity index is 839. The molecule has 138 valence electrons. The summed E-state index contributed by atoms with van der Waals surface area (Å²) in [5.74, 6) is 0.784. The smallest absolute Gasteiger partial charge is 0.274 e. The number of likely N-dealkylation sites (tertiary alicyclic amines) is 1. The van der Waals surface area contributed by atoms with E-state index in [0.29, 0.717) is 29.8 Å². The summed E-state index contributed by atoms with van der Waals surface area (Å²) < 4.78 is 1.49. The molecular formula is C17H20ClN5O3. The molecule has 2 N–H and O–H groups in total. The predicted octanol–water partition coefficient (Wildman–Crippen LogP) is 2.01. The topological polar surface area (TPSA) is 107 Å². The van der Waals surface area contributed by atoms with E-state index in [2.05, 4.69) is 5.10 Å². The van der Waals surface area contributed by atoms with Gasteiger partial charge in [-0.3, -0.25) is 14.9 Å². The van der Waals surface area contributed by atoms with Gasteiger partial charge in [0.1, 0.15) is 0 Å². The van der Waals surface area contributed by atoms with Crippen LogP contribution in [0.25, 0.3) is 5.69 Å². The molecule has 0 radical (unpaired) electrons. The van der Waals surface area contributed by atoms with E-state index in [-0.39, 0.29) is 30.0 Å². The molecule has 9 heteroatoms. The zero-order chi connectivity index (χ0) is 17.6. The van der Waals surface area contributed by atoms with Crippen molar-refractivity contribution in [3.63, 3.8) is 0 Å². The van der Waals surface area contributed by atoms with E-state index in [1.807, 2.05) is 4.90 Å². The largest absolute Gasteiger partial charge is 0.337 e. The van der Waals surface area contributed by atoms with Crippen molar-refractivity contribution in [3.8, 4) is 5.69 Å². The molecule has 0 bridgehead atoms. The number of hydrogen-bond donors (Lipinski definition) is 1. The zero-order valence-corrected chi connectivity index (χ0v) is 14.8. The molecular weight excluding hydrogens is 358 g/mol. The Morgan fingerprint density at radius 2 is 2.08 bits per heavy atom. The summed E-state index contributed by atoms with van der Waals surface area (Å²) in [4.78, 5) is 25.0. The second-order valence-corrected chi connectivity index (χ2v) is 6.80. The zero-order valence-electron chi connectivity index (χ0n) is 14.0. The summed E-state index contributed by atoms with van der Waals surface area (Å²) in [7, 11) is 0. The van der Waals surface area contributed by atoms with E-state index in [1.165, 1.54) is 16.8 Å². The fraction of sp³-hybridized carbons (Fsp3) is 0.412. The van der Waals surface area contributed by atoms with Crippen LogP contribution in [-0.4, -0.2) is 44.6 Å². The first-order valence-electron chi connectivity index (χ1n) is 8.38. The van der Waals surface area contributed by atoms with Crippen LogP contribution >= 0.6 is 12.4 Å². The number of benzene rings is 1. The number of rotatable bonds is 3. The molecule has 1 aliphatic heterocycles. The molecule has 1 saturated carbocycles. The molecule has 3 unspecified atom stereocenters. The van der Waals surface area contributed by atoms with Gasteiger partial charge in [0.2, 0.25) is 0 Å². The van der Waals surface area contributed by atoms with Gasteiger partial charge in [-0.2, -0.15) is 5.10 Å². The van der Waals surface area contributed by atoms with Crippen LogP contribution in [0.15, 0.2) is 36.5 Å². The summed E-state index contributed by atoms with van der Waals surface area (Å²) >= 11 is 0. The minimum atomic E-state index is -0.453. The van der Waals surface area contributed by atoms with Crippen LogP contribution in [0.1, 0.15) is 23.3 Å². The van der Waals surface area contributed by atoms with Gasteiger partial charge in [-0.1, -0.05) is 6.07 Å². The number of halogens is 1. The van der Waals surface area contributed by atoms with Gasteiger partial charge in [-0.25, -0.2) is 4.68 Å². The molecule has 2 fully saturated rings. The van der Waals surface area contributed by atoms with E-state index in [4.69, 9.17) is 5.73 Å². The summed E-state index contributed by atoms with van der Waals surface area (Å²) in [5, 5.41) is 15.2. The summed E-state index contributed by atoms with van der Waals surface area (Å²) in [6, 6.07) is 8.00. The highest BCUT2D eigenvalue weighted by atomic mass is 35.5. The first-order chi connectivity index (χ1) is 12.0. The Labute approximate surface area is 156 Å². The van der Waals surface area contributed by atoms with Gasteiger partial charge in [0.05, 0.1) is 10.6 Å². The highest BCUT2D eigenvalue weighted by Gasteiger charge is 2.42. The van der Waals surface area contributed by atoms with Crippen molar-refractivity contribution >= 4 is 24.0 Å². The van der Waals surface area contributed by atoms with Gasteiger partial charge < -0.3 is 10.6 Å². The summed E-state index contributed by atoms with van der Waals surface area (Å²) in [6.07, 6.45) is 3.77. The van der Waals surface area contributed by atoms with Gasteiger partial charge in [-0.15, -0.1) is 12.4 Å². The van der Waals surface area contributed by atoms with Crippen molar-refractivity contribution in [3.05, 3.63) is 52.3 Å². The van der Waals surface area contributed by atoms with Crippen molar-refractivity contribution in [2.24, 2.45) is 17.6 Å². The number of nitrogens with two attached hydrogens (primary N) is 1.